The minimum Gasteiger partial charge on any atom is -0.482 e. The Morgan fingerprint density at radius 3 is 3.00 bits per heavy atom. The normalized spacial score (nSPS) is 17.4. The van der Waals surface area contributed by atoms with Crippen molar-refractivity contribution in [2.24, 2.45) is 0 Å². The number of halogens is 3. The van der Waals surface area contributed by atoms with E-state index >= 15 is 0 Å². The van der Waals surface area contributed by atoms with Crippen LogP contribution in [0.5, 0.6) is 5.75 Å². The Bertz CT molecular complexity index is 454. The summed E-state index contributed by atoms with van der Waals surface area (Å²) in [5, 5.41) is 6.65. The largest absolute Gasteiger partial charge is 0.482 e. The average molecular weight is 384 g/mol. The zero-order valence-corrected chi connectivity index (χ0v) is 14.0. The smallest absolute Gasteiger partial charge is 0.257 e. The number of amides is 1. The van der Waals surface area contributed by atoms with Crippen molar-refractivity contribution in [3.8, 4) is 5.75 Å². The van der Waals surface area contributed by atoms with Gasteiger partial charge in [-0.15, -0.1) is 12.4 Å². The molecule has 1 aromatic rings. The van der Waals surface area contributed by atoms with Crippen LogP contribution in [0.15, 0.2) is 22.7 Å². The molecule has 0 saturated carbocycles. The van der Waals surface area contributed by atoms with Crippen LogP contribution in [0.1, 0.15) is 12.8 Å². The third-order valence-electron chi connectivity index (χ3n) is 2.96. The van der Waals surface area contributed by atoms with Crippen molar-refractivity contribution in [2.45, 2.75) is 18.9 Å². The van der Waals surface area contributed by atoms with Gasteiger partial charge in [0.05, 0.1) is 5.02 Å². The number of benzene rings is 1. The fraction of sp³-hybridized carbons (Fsp3) is 0.462. The standard InChI is InChI=1S/C13H16BrClN2O2.ClH/c14-9-3-4-12(11(15)6-9)19-8-13(18)17-7-10-2-1-5-16-10;/h3-4,6,10,16H,1-2,5,7-8H2,(H,17,18);1H. The van der Waals surface area contributed by atoms with E-state index in [4.69, 9.17) is 16.3 Å². The Balaban J connectivity index is 0.00000200. The number of ether oxygens (including phenoxy) is 1. The molecule has 7 heteroatoms. The van der Waals surface area contributed by atoms with E-state index in [1.807, 2.05) is 6.07 Å². The van der Waals surface area contributed by atoms with Crippen LogP contribution in [0.3, 0.4) is 0 Å². The number of carbonyl (C=O) groups is 1. The molecule has 0 aliphatic carbocycles. The Kier molecular flexibility index (Phi) is 7.66. The van der Waals surface area contributed by atoms with Gasteiger partial charge < -0.3 is 15.4 Å². The minimum absolute atomic E-state index is 0. The fourth-order valence-electron chi connectivity index (χ4n) is 1.95. The summed E-state index contributed by atoms with van der Waals surface area (Å²) >= 11 is 9.31. The van der Waals surface area contributed by atoms with Gasteiger partial charge in [0.25, 0.3) is 5.91 Å². The molecule has 112 valence electrons. The number of rotatable bonds is 5. The van der Waals surface area contributed by atoms with Crippen LogP contribution in [-0.2, 0) is 4.79 Å². The molecule has 0 bridgehead atoms. The number of carbonyl (C=O) groups excluding carboxylic acids is 1. The van der Waals surface area contributed by atoms with Gasteiger partial charge in [-0.2, -0.15) is 0 Å². The van der Waals surface area contributed by atoms with Gasteiger partial charge in [-0.1, -0.05) is 27.5 Å². The predicted molar refractivity (Wildman–Crippen MR) is 85.9 cm³/mol. The highest BCUT2D eigenvalue weighted by Gasteiger charge is 2.14. The second kappa shape index (κ2) is 8.72. The first-order valence-corrected chi connectivity index (χ1v) is 7.40. The highest BCUT2D eigenvalue weighted by Crippen LogP contribution is 2.27. The molecule has 4 nitrogen and oxygen atoms in total. The van der Waals surface area contributed by atoms with Crippen LogP contribution < -0.4 is 15.4 Å². The lowest BCUT2D eigenvalue weighted by atomic mass is 10.2. The van der Waals surface area contributed by atoms with Gasteiger partial charge >= 0.3 is 0 Å². The van der Waals surface area contributed by atoms with Crippen molar-refractivity contribution in [3.63, 3.8) is 0 Å². The Morgan fingerprint density at radius 1 is 1.55 bits per heavy atom. The Hall–Kier alpha value is -0.490. The van der Waals surface area contributed by atoms with Gasteiger partial charge in [0.1, 0.15) is 5.75 Å². The van der Waals surface area contributed by atoms with Crippen LogP contribution in [0.25, 0.3) is 0 Å². The molecule has 1 fully saturated rings. The van der Waals surface area contributed by atoms with Crippen molar-refractivity contribution >= 4 is 45.8 Å². The topological polar surface area (TPSA) is 50.4 Å². The average Bonchev–Trinajstić information content (AvgIpc) is 2.88. The molecule has 0 radical (unpaired) electrons. The SMILES string of the molecule is Cl.O=C(COc1ccc(Br)cc1Cl)NCC1CCCN1. The lowest BCUT2D eigenvalue weighted by molar-refractivity contribution is -0.123. The summed E-state index contributed by atoms with van der Waals surface area (Å²) in [4.78, 5) is 11.6. The molecule has 1 unspecified atom stereocenters. The van der Waals surface area contributed by atoms with E-state index in [-0.39, 0.29) is 24.9 Å². The van der Waals surface area contributed by atoms with Gasteiger partial charge in [-0.25, -0.2) is 0 Å². The van der Waals surface area contributed by atoms with Crippen LogP contribution in [0, 0.1) is 0 Å². The summed E-state index contributed by atoms with van der Waals surface area (Å²) in [6, 6.07) is 5.68. The predicted octanol–water partition coefficient (Wildman–Crippen LogP) is 2.77. The molecule has 0 aromatic heterocycles. The lowest BCUT2D eigenvalue weighted by Crippen LogP contribution is -2.39. The van der Waals surface area contributed by atoms with Gasteiger partial charge in [0.2, 0.25) is 0 Å². The van der Waals surface area contributed by atoms with E-state index in [0.717, 1.165) is 17.4 Å². The van der Waals surface area contributed by atoms with E-state index in [2.05, 4.69) is 26.6 Å². The van der Waals surface area contributed by atoms with E-state index in [1.54, 1.807) is 12.1 Å². The van der Waals surface area contributed by atoms with Crippen molar-refractivity contribution in [3.05, 3.63) is 27.7 Å². The summed E-state index contributed by atoms with van der Waals surface area (Å²) < 4.78 is 6.26. The third-order valence-corrected chi connectivity index (χ3v) is 3.75. The third kappa shape index (κ3) is 5.48. The fourth-order valence-corrected chi connectivity index (χ4v) is 2.68. The number of hydrogen-bond donors (Lipinski definition) is 2. The summed E-state index contributed by atoms with van der Waals surface area (Å²) in [5.41, 5.74) is 0. The first kappa shape index (κ1) is 17.6. The second-order valence-corrected chi connectivity index (χ2v) is 5.78. The molecular weight excluding hydrogens is 367 g/mol. The van der Waals surface area contributed by atoms with Crippen LogP contribution in [0.2, 0.25) is 5.02 Å². The van der Waals surface area contributed by atoms with Gasteiger partial charge in [-0.05, 0) is 37.6 Å². The van der Waals surface area contributed by atoms with Crippen molar-refractivity contribution in [1.82, 2.24) is 10.6 Å². The maximum absolute atomic E-state index is 11.6. The molecule has 1 aliphatic rings. The van der Waals surface area contributed by atoms with Gasteiger partial charge in [0, 0.05) is 17.1 Å². The number of hydrogen-bond acceptors (Lipinski definition) is 3. The molecular formula is C13H17BrCl2N2O2. The first-order valence-electron chi connectivity index (χ1n) is 6.23. The maximum Gasteiger partial charge on any atom is 0.257 e. The Morgan fingerprint density at radius 2 is 2.35 bits per heavy atom. The quantitative estimate of drug-likeness (QED) is 0.821. The number of nitrogens with one attached hydrogen (secondary N) is 2. The highest BCUT2D eigenvalue weighted by atomic mass is 79.9. The van der Waals surface area contributed by atoms with E-state index < -0.39 is 0 Å². The zero-order valence-electron chi connectivity index (χ0n) is 10.8. The van der Waals surface area contributed by atoms with Crippen LogP contribution in [-0.4, -0.2) is 31.6 Å². The minimum atomic E-state index is -0.132. The lowest BCUT2D eigenvalue weighted by Gasteiger charge is -2.12. The monoisotopic (exact) mass is 382 g/mol. The molecule has 1 amide bonds. The van der Waals surface area contributed by atoms with Crippen LogP contribution >= 0.6 is 39.9 Å². The highest BCUT2D eigenvalue weighted by molar-refractivity contribution is 9.10. The molecule has 0 spiro atoms. The second-order valence-electron chi connectivity index (χ2n) is 4.46. The molecule has 1 heterocycles. The van der Waals surface area contributed by atoms with Crippen molar-refractivity contribution in [2.75, 3.05) is 19.7 Å². The molecule has 2 rings (SSSR count). The first-order chi connectivity index (χ1) is 9.15. The molecule has 1 atom stereocenters. The van der Waals surface area contributed by atoms with E-state index in [0.29, 0.717) is 23.4 Å². The summed E-state index contributed by atoms with van der Waals surface area (Å²) in [7, 11) is 0. The van der Waals surface area contributed by atoms with Crippen LogP contribution in [0.4, 0.5) is 0 Å². The van der Waals surface area contributed by atoms with Crippen molar-refractivity contribution in [1.29, 1.82) is 0 Å². The molecule has 2 N–H and O–H groups in total. The Labute approximate surface area is 138 Å². The van der Waals surface area contributed by atoms with Crippen molar-refractivity contribution < 1.29 is 9.53 Å². The summed E-state index contributed by atoms with van der Waals surface area (Å²) in [6.45, 7) is 1.66. The molecule has 20 heavy (non-hydrogen) atoms. The van der Waals surface area contributed by atoms with E-state index in [9.17, 15) is 4.79 Å². The molecule has 1 aliphatic heterocycles. The molecule has 1 aromatic carbocycles. The summed E-state index contributed by atoms with van der Waals surface area (Å²) in [6.07, 6.45) is 2.28. The van der Waals surface area contributed by atoms with E-state index in [1.165, 1.54) is 6.42 Å². The zero-order chi connectivity index (χ0) is 13.7. The van der Waals surface area contributed by atoms with Gasteiger partial charge in [0.15, 0.2) is 6.61 Å². The van der Waals surface area contributed by atoms with Gasteiger partial charge in [-0.3, -0.25) is 4.79 Å². The maximum atomic E-state index is 11.6. The summed E-state index contributed by atoms with van der Waals surface area (Å²) in [5.74, 6) is 0.381. The molecule has 1 saturated heterocycles.